The first-order valence-electron chi connectivity index (χ1n) is 5.38. The molecule has 0 aromatic heterocycles. The van der Waals surface area contributed by atoms with Crippen LogP contribution in [0.25, 0.3) is 0 Å². The van der Waals surface area contributed by atoms with Gasteiger partial charge in [-0.15, -0.1) is 0 Å². The molecular weight excluding hydrogens is 188 g/mol. The summed E-state index contributed by atoms with van der Waals surface area (Å²) in [4.78, 5) is 11.8. The Kier molecular flexibility index (Phi) is 3.02. The Morgan fingerprint density at radius 1 is 1.40 bits per heavy atom. The van der Waals surface area contributed by atoms with E-state index < -0.39 is 0 Å². The first-order valence-corrected chi connectivity index (χ1v) is 5.38. The predicted octanol–water partition coefficient (Wildman–Crippen LogP) is 1.59. The minimum absolute atomic E-state index is 0.203. The van der Waals surface area contributed by atoms with E-state index in [9.17, 15) is 4.79 Å². The molecule has 1 unspecified atom stereocenters. The van der Waals surface area contributed by atoms with Crippen LogP contribution in [0, 0.1) is 0 Å². The van der Waals surface area contributed by atoms with E-state index in [2.05, 4.69) is 5.32 Å². The average Bonchev–Trinajstić information content (AvgIpc) is 2.71. The molecule has 1 aromatic carbocycles. The Hall–Kier alpha value is -1.35. The zero-order valence-corrected chi connectivity index (χ0v) is 8.70. The van der Waals surface area contributed by atoms with Crippen molar-refractivity contribution in [1.82, 2.24) is 5.32 Å². The Morgan fingerprint density at radius 3 is 2.73 bits per heavy atom. The summed E-state index contributed by atoms with van der Waals surface area (Å²) in [6, 6.07) is 7.51. The lowest BCUT2D eigenvalue weighted by atomic mass is 10.0. The summed E-state index contributed by atoms with van der Waals surface area (Å²) in [6.45, 7) is 1.04. The fourth-order valence-corrected chi connectivity index (χ4v) is 1.94. The van der Waals surface area contributed by atoms with Crippen molar-refractivity contribution in [2.75, 3.05) is 12.3 Å². The third-order valence-electron chi connectivity index (χ3n) is 2.83. The molecule has 0 bridgehead atoms. The molecule has 3 N–H and O–H groups in total. The number of nitrogens with one attached hydrogen (secondary N) is 1. The normalized spacial score (nSPS) is 20.4. The lowest BCUT2D eigenvalue weighted by molar-refractivity contribution is 0.0971. The number of Topliss-reactive ketones (excluding diaryl/α,β-unsaturated/α-hetero) is 1. The molecule has 3 nitrogen and oxygen atoms in total. The van der Waals surface area contributed by atoms with E-state index in [1.165, 1.54) is 6.42 Å². The second-order valence-corrected chi connectivity index (χ2v) is 4.04. The van der Waals surface area contributed by atoms with Crippen LogP contribution in [0.1, 0.15) is 29.6 Å². The molecule has 0 radical (unpaired) electrons. The number of benzene rings is 1. The maximum atomic E-state index is 11.8. The Balaban J connectivity index is 1.98. The standard InChI is InChI=1S/C12H16N2O/c13-10-5-3-9(4-6-10)12(15)8-11-2-1-7-14-11/h3-6,11,14H,1-2,7-8,13H2. The number of hydrogen-bond acceptors (Lipinski definition) is 3. The Morgan fingerprint density at radius 2 is 2.13 bits per heavy atom. The van der Waals surface area contributed by atoms with Gasteiger partial charge >= 0.3 is 0 Å². The Bertz CT molecular complexity index is 339. The molecule has 0 saturated carbocycles. The van der Waals surface area contributed by atoms with Gasteiger partial charge in [-0.05, 0) is 43.7 Å². The van der Waals surface area contributed by atoms with Crippen LogP contribution >= 0.6 is 0 Å². The summed E-state index contributed by atoms with van der Waals surface area (Å²) in [6.07, 6.45) is 2.89. The fourth-order valence-electron chi connectivity index (χ4n) is 1.94. The van der Waals surface area contributed by atoms with Crippen molar-refractivity contribution in [1.29, 1.82) is 0 Å². The highest BCUT2D eigenvalue weighted by atomic mass is 16.1. The molecule has 0 spiro atoms. The molecule has 1 aliphatic heterocycles. The maximum absolute atomic E-state index is 11.8. The fraction of sp³-hybridized carbons (Fsp3) is 0.417. The van der Waals surface area contributed by atoms with Crippen LogP contribution in [-0.2, 0) is 0 Å². The summed E-state index contributed by atoms with van der Waals surface area (Å²) in [5, 5.41) is 3.32. The molecule has 1 aliphatic rings. The van der Waals surface area contributed by atoms with Gasteiger partial charge in [0.15, 0.2) is 5.78 Å². The molecule has 0 amide bonds. The van der Waals surface area contributed by atoms with Crippen molar-refractivity contribution in [3.05, 3.63) is 29.8 Å². The monoisotopic (exact) mass is 204 g/mol. The van der Waals surface area contributed by atoms with Crippen LogP contribution in [0.15, 0.2) is 24.3 Å². The van der Waals surface area contributed by atoms with Crippen LogP contribution in [0.3, 0.4) is 0 Å². The average molecular weight is 204 g/mol. The van der Waals surface area contributed by atoms with E-state index >= 15 is 0 Å². The molecule has 1 heterocycles. The summed E-state index contributed by atoms with van der Waals surface area (Å²) < 4.78 is 0. The van der Waals surface area contributed by atoms with Crippen molar-refractivity contribution in [2.45, 2.75) is 25.3 Å². The number of hydrogen-bond donors (Lipinski definition) is 2. The molecule has 1 saturated heterocycles. The summed E-state index contributed by atoms with van der Waals surface area (Å²) in [5.41, 5.74) is 7.03. The molecule has 1 fully saturated rings. The van der Waals surface area contributed by atoms with Gasteiger partial charge < -0.3 is 11.1 Å². The second kappa shape index (κ2) is 4.45. The van der Waals surface area contributed by atoms with Gasteiger partial charge in [-0.2, -0.15) is 0 Å². The number of ketones is 1. The van der Waals surface area contributed by atoms with Crippen LogP contribution in [-0.4, -0.2) is 18.4 Å². The van der Waals surface area contributed by atoms with E-state index in [4.69, 9.17) is 5.73 Å². The zero-order valence-electron chi connectivity index (χ0n) is 8.70. The molecule has 15 heavy (non-hydrogen) atoms. The summed E-state index contributed by atoms with van der Waals surface area (Å²) >= 11 is 0. The van der Waals surface area contributed by atoms with Crippen LogP contribution in [0.2, 0.25) is 0 Å². The topological polar surface area (TPSA) is 55.1 Å². The van der Waals surface area contributed by atoms with Gasteiger partial charge in [0.2, 0.25) is 0 Å². The van der Waals surface area contributed by atoms with Gasteiger partial charge in [-0.25, -0.2) is 0 Å². The van der Waals surface area contributed by atoms with Gasteiger partial charge in [0.05, 0.1) is 0 Å². The zero-order chi connectivity index (χ0) is 10.7. The summed E-state index contributed by atoms with van der Waals surface area (Å²) in [7, 11) is 0. The van der Waals surface area contributed by atoms with E-state index in [0.717, 1.165) is 18.5 Å². The Labute approximate surface area is 89.7 Å². The van der Waals surface area contributed by atoms with Gasteiger partial charge in [0, 0.05) is 23.7 Å². The van der Waals surface area contributed by atoms with Gasteiger partial charge in [0.1, 0.15) is 0 Å². The third-order valence-corrected chi connectivity index (χ3v) is 2.83. The van der Waals surface area contributed by atoms with Crippen LogP contribution < -0.4 is 11.1 Å². The molecule has 80 valence electrons. The first kappa shape index (κ1) is 10.2. The number of rotatable bonds is 3. The van der Waals surface area contributed by atoms with Gasteiger partial charge in [0.25, 0.3) is 0 Å². The van der Waals surface area contributed by atoms with E-state index in [1.807, 2.05) is 0 Å². The molecule has 1 atom stereocenters. The lowest BCUT2D eigenvalue weighted by Crippen LogP contribution is -2.24. The van der Waals surface area contributed by atoms with Gasteiger partial charge in [-0.1, -0.05) is 0 Å². The maximum Gasteiger partial charge on any atom is 0.164 e. The summed E-state index contributed by atoms with van der Waals surface area (Å²) in [5.74, 6) is 0.203. The highest BCUT2D eigenvalue weighted by Gasteiger charge is 2.18. The number of carbonyl (C=O) groups is 1. The SMILES string of the molecule is Nc1ccc(C(=O)CC2CCCN2)cc1. The highest BCUT2D eigenvalue weighted by molar-refractivity contribution is 5.96. The minimum atomic E-state index is 0.203. The molecule has 0 aliphatic carbocycles. The molecule has 3 heteroatoms. The van der Waals surface area contributed by atoms with E-state index in [0.29, 0.717) is 18.2 Å². The number of nitrogens with two attached hydrogens (primary N) is 1. The van der Waals surface area contributed by atoms with Crippen LogP contribution in [0.4, 0.5) is 5.69 Å². The van der Waals surface area contributed by atoms with E-state index in [-0.39, 0.29) is 5.78 Å². The number of carbonyl (C=O) groups excluding carboxylic acids is 1. The van der Waals surface area contributed by atoms with Crippen molar-refractivity contribution in [3.63, 3.8) is 0 Å². The minimum Gasteiger partial charge on any atom is -0.399 e. The lowest BCUT2D eigenvalue weighted by Gasteiger charge is -2.08. The smallest absolute Gasteiger partial charge is 0.164 e. The van der Waals surface area contributed by atoms with E-state index in [1.54, 1.807) is 24.3 Å². The number of nitrogen functional groups attached to an aromatic ring is 1. The first-order chi connectivity index (χ1) is 7.25. The molecular formula is C12H16N2O. The van der Waals surface area contributed by atoms with Crippen molar-refractivity contribution < 1.29 is 4.79 Å². The molecule has 2 rings (SSSR count). The quantitative estimate of drug-likeness (QED) is 0.580. The van der Waals surface area contributed by atoms with Crippen LogP contribution in [0.5, 0.6) is 0 Å². The van der Waals surface area contributed by atoms with Crippen molar-refractivity contribution >= 4 is 11.5 Å². The predicted molar refractivity (Wildman–Crippen MR) is 60.8 cm³/mol. The van der Waals surface area contributed by atoms with Gasteiger partial charge in [-0.3, -0.25) is 4.79 Å². The third kappa shape index (κ3) is 2.57. The highest BCUT2D eigenvalue weighted by Crippen LogP contribution is 2.14. The number of anilines is 1. The largest absolute Gasteiger partial charge is 0.399 e. The van der Waals surface area contributed by atoms with Crippen molar-refractivity contribution in [2.24, 2.45) is 0 Å². The van der Waals surface area contributed by atoms with Crippen molar-refractivity contribution in [3.8, 4) is 0 Å². The molecule has 1 aromatic rings. The second-order valence-electron chi connectivity index (χ2n) is 4.04.